The molecule has 11 rings (SSSR count). The van der Waals surface area contributed by atoms with Crippen molar-refractivity contribution >= 4 is 82.1 Å². The molecule has 0 aliphatic heterocycles. The summed E-state index contributed by atoms with van der Waals surface area (Å²) in [4.78, 5) is 10.2. The molecular weight excluding hydrogens is 574 g/mol. The molecule has 0 atom stereocenters. The minimum atomic E-state index is 0.909. The smallest absolute Gasteiger partial charge is 0.147 e. The Morgan fingerprint density at radius 3 is 1.79 bits per heavy atom. The molecule has 47 heavy (non-hydrogen) atoms. The maximum Gasteiger partial charge on any atom is 0.147 e. The van der Waals surface area contributed by atoms with Gasteiger partial charge in [0.25, 0.3) is 0 Å². The fourth-order valence-electron chi connectivity index (χ4n) is 8.00. The van der Waals surface area contributed by atoms with E-state index in [9.17, 15) is 0 Å². The molecule has 0 aliphatic carbocycles. The van der Waals surface area contributed by atoms with Gasteiger partial charge in [-0.05, 0) is 72.8 Å². The van der Waals surface area contributed by atoms with Crippen LogP contribution in [0, 0.1) is 0 Å². The third-order valence-electron chi connectivity index (χ3n) is 9.83. The van der Waals surface area contributed by atoms with E-state index < -0.39 is 0 Å². The molecule has 0 amide bonds. The molecule has 5 heteroatoms. The molecule has 0 saturated heterocycles. The van der Waals surface area contributed by atoms with Crippen molar-refractivity contribution < 1.29 is 0 Å². The van der Waals surface area contributed by atoms with Gasteiger partial charge in [-0.15, -0.1) is 0 Å². The third-order valence-corrected chi connectivity index (χ3v) is 9.83. The number of benzene rings is 6. The highest BCUT2D eigenvalue weighted by atomic mass is 15.1. The normalized spacial score (nSPS) is 12.3. The van der Waals surface area contributed by atoms with Gasteiger partial charge in [0.2, 0.25) is 0 Å². The monoisotopic (exact) mass is 599 g/mol. The van der Waals surface area contributed by atoms with Crippen LogP contribution in [-0.4, -0.2) is 23.5 Å². The average molecular weight is 600 g/mol. The highest BCUT2D eigenvalue weighted by Crippen LogP contribution is 2.45. The first-order valence-corrected chi connectivity index (χ1v) is 15.9. The molecule has 0 aliphatic rings. The summed E-state index contributed by atoms with van der Waals surface area (Å²) in [5, 5.41) is 8.34. The lowest BCUT2D eigenvalue weighted by Crippen LogP contribution is -1.97. The van der Waals surface area contributed by atoms with Gasteiger partial charge < -0.3 is 9.13 Å². The van der Waals surface area contributed by atoms with Crippen LogP contribution in [0.3, 0.4) is 0 Å². The Morgan fingerprint density at radius 1 is 0.383 bits per heavy atom. The zero-order chi connectivity index (χ0) is 30.6. The number of rotatable bonds is 2. The molecule has 5 heterocycles. The van der Waals surface area contributed by atoms with Crippen molar-refractivity contribution in [2.24, 2.45) is 0 Å². The van der Waals surface area contributed by atoms with Crippen LogP contribution in [0.5, 0.6) is 0 Å². The predicted octanol–water partition coefficient (Wildman–Crippen LogP) is 10.4. The van der Waals surface area contributed by atoms with E-state index in [-0.39, 0.29) is 0 Å². The molecule has 0 saturated carbocycles. The molecule has 0 spiro atoms. The summed E-state index contributed by atoms with van der Waals surface area (Å²) in [5.74, 6) is 0. The van der Waals surface area contributed by atoms with Gasteiger partial charge in [0.15, 0.2) is 0 Å². The van der Waals surface area contributed by atoms with Gasteiger partial charge in [-0.3, -0.25) is 4.40 Å². The number of aromatic nitrogens is 5. The zero-order valence-corrected chi connectivity index (χ0v) is 25.2. The van der Waals surface area contributed by atoms with Gasteiger partial charge in [0.1, 0.15) is 11.3 Å². The lowest BCUT2D eigenvalue weighted by molar-refractivity contribution is 1.17. The predicted molar refractivity (Wildman–Crippen MR) is 194 cm³/mol. The number of pyridine rings is 2. The molecule has 0 fully saturated rings. The van der Waals surface area contributed by atoms with Crippen LogP contribution in [0.4, 0.5) is 0 Å². The Bertz CT molecular complexity index is 3060. The molecule has 0 radical (unpaired) electrons. The van der Waals surface area contributed by atoms with Gasteiger partial charge >= 0.3 is 0 Å². The quantitative estimate of drug-likeness (QED) is 0.186. The van der Waals surface area contributed by atoms with Crippen molar-refractivity contribution in [1.29, 1.82) is 0 Å². The van der Waals surface area contributed by atoms with Crippen molar-refractivity contribution in [2.45, 2.75) is 0 Å². The lowest BCUT2D eigenvalue weighted by Gasteiger charge is -2.13. The van der Waals surface area contributed by atoms with E-state index >= 15 is 0 Å². The van der Waals surface area contributed by atoms with Crippen LogP contribution in [0.2, 0.25) is 0 Å². The number of fused-ring (bicyclic) bond motifs is 16. The fourth-order valence-corrected chi connectivity index (χ4v) is 8.00. The van der Waals surface area contributed by atoms with Crippen LogP contribution < -0.4 is 0 Å². The summed E-state index contributed by atoms with van der Waals surface area (Å²) in [6, 6.07) is 52.0. The lowest BCUT2D eigenvalue weighted by atomic mass is 10.0. The molecule has 0 unspecified atom stereocenters. The van der Waals surface area contributed by atoms with Gasteiger partial charge in [-0.25, -0.2) is 9.97 Å². The van der Waals surface area contributed by atoms with Crippen LogP contribution >= 0.6 is 0 Å². The largest absolute Gasteiger partial charge is 0.309 e. The average Bonchev–Trinajstić information content (AvgIpc) is 3.80. The van der Waals surface area contributed by atoms with Crippen molar-refractivity contribution in [3.8, 4) is 11.4 Å². The number of hydrogen-bond acceptors (Lipinski definition) is 2. The molecule has 5 aromatic heterocycles. The van der Waals surface area contributed by atoms with Gasteiger partial charge in [-0.2, -0.15) is 0 Å². The first kappa shape index (κ1) is 24.8. The molecular formula is C42H25N5. The number of hydrogen-bond donors (Lipinski definition) is 0. The molecule has 6 aromatic carbocycles. The van der Waals surface area contributed by atoms with E-state index in [0.717, 1.165) is 49.9 Å². The molecule has 218 valence electrons. The van der Waals surface area contributed by atoms with Crippen molar-refractivity contribution in [1.82, 2.24) is 23.5 Å². The third kappa shape index (κ3) is 3.17. The molecule has 5 nitrogen and oxygen atoms in total. The van der Waals surface area contributed by atoms with E-state index in [4.69, 9.17) is 9.97 Å². The van der Waals surface area contributed by atoms with Crippen LogP contribution in [0.1, 0.15) is 0 Å². The number of nitrogens with zero attached hydrogens (tertiary/aromatic N) is 5. The van der Waals surface area contributed by atoms with E-state index in [1.54, 1.807) is 0 Å². The van der Waals surface area contributed by atoms with E-state index in [0.29, 0.717) is 0 Å². The SMILES string of the molecule is c1ccc(-n2c3ccccc3c3c4c5ccc6c(c7cccnc7n7c8ccccc8nc67)c5n(-c5ccccc5)c4ccc32)cc1. The molecule has 11 aromatic rings. The fraction of sp³-hybridized carbons (Fsp3) is 0. The standard InChI is InChI=1S/C42H25N5/c1-3-12-26(13-4-1)45-33-19-9-7-16-28(33)38-35(45)23-24-36-39(38)29-21-22-31-37(40(29)46(36)27-14-5-2-6-15-27)30-17-11-25-43-41(30)47-34-20-10-8-18-32(34)44-42(31)47/h1-25H. The van der Waals surface area contributed by atoms with Crippen LogP contribution in [0.15, 0.2) is 152 Å². The Kier molecular flexibility index (Phi) is 4.78. The molecule has 0 N–H and O–H groups in total. The second kappa shape index (κ2) is 9.05. The minimum Gasteiger partial charge on any atom is -0.309 e. The summed E-state index contributed by atoms with van der Waals surface area (Å²) in [7, 11) is 0. The van der Waals surface area contributed by atoms with E-state index in [2.05, 4.69) is 153 Å². The summed E-state index contributed by atoms with van der Waals surface area (Å²) < 4.78 is 7.07. The Morgan fingerprint density at radius 2 is 0.979 bits per heavy atom. The minimum absolute atomic E-state index is 0.909. The Labute approximate surface area is 268 Å². The van der Waals surface area contributed by atoms with Crippen molar-refractivity contribution in [3.05, 3.63) is 152 Å². The van der Waals surface area contributed by atoms with E-state index in [1.165, 1.54) is 43.6 Å². The van der Waals surface area contributed by atoms with E-state index in [1.807, 2.05) is 12.3 Å². The van der Waals surface area contributed by atoms with Crippen LogP contribution in [-0.2, 0) is 0 Å². The summed E-state index contributed by atoms with van der Waals surface area (Å²) in [5.41, 5.74) is 10.9. The summed E-state index contributed by atoms with van der Waals surface area (Å²) in [6.07, 6.45) is 1.89. The summed E-state index contributed by atoms with van der Waals surface area (Å²) in [6.45, 7) is 0. The highest BCUT2D eigenvalue weighted by molar-refractivity contribution is 6.34. The van der Waals surface area contributed by atoms with Crippen molar-refractivity contribution in [3.63, 3.8) is 0 Å². The zero-order valence-electron chi connectivity index (χ0n) is 25.2. The Balaban J connectivity index is 1.43. The maximum atomic E-state index is 5.19. The van der Waals surface area contributed by atoms with Crippen molar-refractivity contribution in [2.75, 3.05) is 0 Å². The topological polar surface area (TPSA) is 40.1 Å². The van der Waals surface area contributed by atoms with Crippen LogP contribution in [0.25, 0.3) is 93.5 Å². The first-order chi connectivity index (χ1) is 23.4. The summed E-state index contributed by atoms with van der Waals surface area (Å²) >= 11 is 0. The van der Waals surface area contributed by atoms with Gasteiger partial charge in [0, 0.05) is 55.3 Å². The maximum absolute atomic E-state index is 5.19. The Hall–Kier alpha value is -6.46. The molecule has 0 bridgehead atoms. The van der Waals surface area contributed by atoms with Gasteiger partial charge in [0.05, 0.1) is 33.1 Å². The number of imidazole rings is 1. The van der Waals surface area contributed by atoms with Gasteiger partial charge in [-0.1, -0.05) is 72.8 Å². The second-order valence-electron chi connectivity index (χ2n) is 12.2. The number of para-hydroxylation sites is 5. The second-order valence-corrected chi connectivity index (χ2v) is 12.2. The highest BCUT2D eigenvalue weighted by Gasteiger charge is 2.24. The first-order valence-electron chi connectivity index (χ1n) is 15.9.